The Hall–Kier alpha value is -3.87. The van der Waals surface area contributed by atoms with Gasteiger partial charge < -0.3 is 25.8 Å². The van der Waals surface area contributed by atoms with Crippen molar-refractivity contribution in [2.75, 3.05) is 30.3 Å². The molecule has 0 unspecified atom stereocenters. The zero-order chi connectivity index (χ0) is 29.4. The van der Waals surface area contributed by atoms with Crippen LogP contribution in [-0.2, 0) is 11.2 Å². The van der Waals surface area contributed by atoms with Gasteiger partial charge >= 0.3 is 12.1 Å². The third-order valence-electron chi connectivity index (χ3n) is 7.93. The van der Waals surface area contributed by atoms with Gasteiger partial charge in [-0.15, -0.1) is 0 Å². The lowest BCUT2D eigenvalue weighted by Gasteiger charge is -2.39. The van der Waals surface area contributed by atoms with Crippen LogP contribution < -0.4 is 20.7 Å². The third-order valence-corrected chi connectivity index (χ3v) is 7.93. The maximum absolute atomic E-state index is 14.6. The van der Waals surface area contributed by atoms with Crippen molar-refractivity contribution in [2.24, 2.45) is 5.41 Å². The Morgan fingerprint density at radius 2 is 2.00 bits per heavy atom. The average molecular weight is 574 g/mol. The number of nitrogens with zero attached hydrogens (tertiary/aromatic N) is 5. The smallest absolute Gasteiger partial charge is 0.429 e. The van der Waals surface area contributed by atoms with Crippen LogP contribution in [0.15, 0.2) is 36.5 Å². The molecule has 2 saturated heterocycles. The van der Waals surface area contributed by atoms with Crippen LogP contribution in [0.25, 0.3) is 5.69 Å². The first kappa shape index (κ1) is 28.7. The van der Waals surface area contributed by atoms with Crippen molar-refractivity contribution in [2.45, 2.75) is 64.3 Å². The van der Waals surface area contributed by atoms with Crippen LogP contribution in [0, 0.1) is 12.3 Å². The summed E-state index contributed by atoms with van der Waals surface area (Å²) in [6, 6.07) is 7.36. The van der Waals surface area contributed by atoms with Crippen LogP contribution in [-0.4, -0.2) is 62.7 Å². The molecular weight excluding hydrogens is 539 g/mol. The van der Waals surface area contributed by atoms with Crippen LogP contribution >= 0.6 is 0 Å². The van der Waals surface area contributed by atoms with E-state index in [4.69, 9.17) is 10.5 Å². The third kappa shape index (κ3) is 6.24. The molecule has 2 aliphatic heterocycles. The largest absolute Gasteiger partial charge is 0.480 e. The zero-order valence-corrected chi connectivity index (χ0v) is 23.0. The molecule has 220 valence electrons. The fourth-order valence-electron chi connectivity index (χ4n) is 5.77. The number of rotatable bonds is 8. The van der Waals surface area contributed by atoms with Gasteiger partial charge in [0, 0.05) is 37.5 Å². The van der Waals surface area contributed by atoms with Crippen molar-refractivity contribution < 1.29 is 27.8 Å². The number of carboxylic acids is 1. The molecule has 13 heteroatoms. The highest BCUT2D eigenvalue weighted by atomic mass is 19.4. The van der Waals surface area contributed by atoms with Gasteiger partial charge in [0.15, 0.2) is 0 Å². The van der Waals surface area contributed by atoms with Crippen molar-refractivity contribution in [3.63, 3.8) is 0 Å². The van der Waals surface area contributed by atoms with E-state index in [0.717, 1.165) is 12.0 Å². The van der Waals surface area contributed by atoms with Crippen molar-refractivity contribution in [3.8, 4) is 11.6 Å². The maximum atomic E-state index is 14.6. The number of nitrogen functional groups attached to an aromatic ring is 1. The van der Waals surface area contributed by atoms with Crippen molar-refractivity contribution in [1.82, 2.24) is 25.1 Å². The maximum Gasteiger partial charge on any atom is 0.429 e. The number of nitrogens with two attached hydrogens (primary N) is 1. The number of ether oxygens (including phenoxy) is 1. The van der Waals surface area contributed by atoms with E-state index < -0.39 is 24.3 Å². The Balaban J connectivity index is 1.41. The highest BCUT2D eigenvalue weighted by Gasteiger charge is 2.46. The number of aliphatic carboxylic acids is 1. The van der Waals surface area contributed by atoms with Gasteiger partial charge in [0.25, 0.3) is 0 Å². The number of alkyl halides is 3. The molecule has 2 atom stereocenters. The van der Waals surface area contributed by atoms with Crippen LogP contribution in [0.3, 0.4) is 0 Å². The first-order valence-corrected chi connectivity index (χ1v) is 13.7. The number of hydrogen-bond acceptors (Lipinski definition) is 8. The summed E-state index contributed by atoms with van der Waals surface area (Å²) in [6.45, 7) is 5.48. The van der Waals surface area contributed by atoms with Crippen molar-refractivity contribution >= 4 is 17.7 Å². The molecule has 0 aliphatic carbocycles. The molecule has 4 heterocycles. The minimum absolute atomic E-state index is 0.0965. The Labute approximate surface area is 235 Å². The molecule has 41 heavy (non-hydrogen) atoms. The molecule has 0 amide bonds. The number of nitrogens with one attached hydrogen (secondary N) is 1. The fourth-order valence-corrected chi connectivity index (χ4v) is 5.77. The highest BCUT2D eigenvalue weighted by molar-refractivity contribution is 5.74. The van der Waals surface area contributed by atoms with E-state index in [0.29, 0.717) is 56.8 Å². The summed E-state index contributed by atoms with van der Waals surface area (Å²) in [4.78, 5) is 21.6. The second kappa shape index (κ2) is 11.2. The monoisotopic (exact) mass is 573 g/mol. The topological polar surface area (TPSA) is 131 Å². The molecule has 4 N–H and O–H groups in total. The summed E-state index contributed by atoms with van der Waals surface area (Å²) < 4.78 is 50.7. The minimum Gasteiger partial charge on any atom is -0.480 e. The second-order valence-corrected chi connectivity index (χ2v) is 11.0. The molecule has 2 aromatic heterocycles. The summed E-state index contributed by atoms with van der Waals surface area (Å²) in [7, 11) is 0. The SMILES string of the molecule is CCCc1ccc([C@@H](Oc2cc(N3CCC4(CC3)CN[C@H](C(=O)O)C4)nc(N)n2)C(F)(F)F)c(-n2ccc(C)n2)c1. The van der Waals surface area contributed by atoms with Gasteiger partial charge in [0.2, 0.25) is 17.9 Å². The summed E-state index contributed by atoms with van der Waals surface area (Å²) in [5.41, 5.74) is 7.54. The number of carboxylic acid groups (broad SMARTS) is 1. The standard InChI is InChI=1S/C28H34F3N7O3/c1-3-4-18-5-6-19(21(13-18)38-10-7-17(2)36-38)24(28(29,30)31)41-23-14-22(34-26(32)35-23)37-11-8-27(9-12-37)15-20(25(39)40)33-16-27/h5-7,10,13-14,20,24,33H,3-4,8-9,11-12,15-16H2,1-2H3,(H,39,40)(H2,32,34,35)/t20-,24+/m0/s1. The van der Waals surface area contributed by atoms with Gasteiger partial charge in [0.05, 0.1) is 11.4 Å². The molecule has 0 radical (unpaired) electrons. The molecule has 5 rings (SSSR count). The Bertz CT molecular complexity index is 1400. The van der Waals surface area contributed by atoms with Gasteiger partial charge in [-0.1, -0.05) is 25.5 Å². The quantitative estimate of drug-likeness (QED) is 0.362. The second-order valence-electron chi connectivity index (χ2n) is 11.0. The molecule has 2 aliphatic rings. The first-order chi connectivity index (χ1) is 19.5. The predicted molar refractivity (Wildman–Crippen MR) is 146 cm³/mol. The fraction of sp³-hybridized carbons (Fsp3) is 0.500. The number of carbonyl (C=O) groups is 1. The molecule has 0 bridgehead atoms. The molecule has 10 nitrogen and oxygen atoms in total. The first-order valence-electron chi connectivity index (χ1n) is 13.7. The van der Waals surface area contributed by atoms with Gasteiger partial charge in [-0.05, 0) is 55.7 Å². The Morgan fingerprint density at radius 1 is 1.24 bits per heavy atom. The van der Waals surface area contributed by atoms with E-state index in [2.05, 4.69) is 20.4 Å². The lowest BCUT2D eigenvalue weighted by molar-refractivity contribution is -0.198. The molecule has 1 aromatic carbocycles. The number of hydrogen-bond donors (Lipinski definition) is 3. The number of halogens is 3. The number of piperidine rings is 1. The van der Waals surface area contributed by atoms with Crippen LogP contribution in [0.5, 0.6) is 5.88 Å². The van der Waals surface area contributed by atoms with E-state index in [1.807, 2.05) is 11.8 Å². The normalized spacial score (nSPS) is 19.4. The number of aromatic nitrogens is 4. The van der Waals surface area contributed by atoms with E-state index in [9.17, 15) is 23.1 Å². The predicted octanol–water partition coefficient (Wildman–Crippen LogP) is 4.22. The molecular formula is C28H34F3N7O3. The van der Waals surface area contributed by atoms with Gasteiger partial charge in [-0.3, -0.25) is 4.79 Å². The number of aryl methyl sites for hydroxylation is 2. The molecule has 3 aromatic rings. The van der Waals surface area contributed by atoms with E-state index in [-0.39, 0.29) is 28.5 Å². The molecule has 2 fully saturated rings. The van der Waals surface area contributed by atoms with E-state index >= 15 is 0 Å². The van der Waals surface area contributed by atoms with Crippen LogP contribution in [0.4, 0.5) is 24.9 Å². The highest BCUT2D eigenvalue weighted by Crippen LogP contribution is 2.42. The summed E-state index contributed by atoms with van der Waals surface area (Å²) >= 11 is 0. The Kier molecular flexibility index (Phi) is 7.82. The summed E-state index contributed by atoms with van der Waals surface area (Å²) in [5, 5.41) is 16.8. The van der Waals surface area contributed by atoms with E-state index in [1.54, 1.807) is 31.3 Å². The van der Waals surface area contributed by atoms with Gasteiger partial charge in [-0.2, -0.15) is 28.2 Å². The van der Waals surface area contributed by atoms with Crippen LogP contribution in [0.1, 0.15) is 55.5 Å². The zero-order valence-electron chi connectivity index (χ0n) is 23.0. The molecule has 0 saturated carbocycles. The van der Waals surface area contributed by atoms with Crippen molar-refractivity contribution in [1.29, 1.82) is 0 Å². The summed E-state index contributed by atoms with van der Waals surface area (Å²) in [6.07, 6.45) is -1.96. The lowest BCUT2D eigenvalue weighted by atomic mass is 9.76. The minimum atomic E-state index is -4.77. The lowest BCUT2D eigenvalue weighted by Crippen LogP contribution is -2.41. The number of benzene rings is 1. The van der Waals surface area contributed by atoms with Gasteiger partial charge in [0.1, 0.15) is 11.9 Å². The van der Waals surface area contributed by atoms with E-state index in [1.165, 1.54) is 16.8 Å². The average Bonchev–Trinajstić information content (AvgIpc) is 3.54. The summed E-state index contributed by atoms with van der Waals surface area (Å²) in [5.74, 6) is -0.984. The van der Waals surface area contributed by atoms with Crippen molar-refractivity contribution in [3.05, 3.63) is 53.3 Å². The molecule has 1 spiro atoms. The number of anilines is 2. The van der Waals surface area contributed by atoms with Gasteiger partial charge in [-0.25, -0.2) is 4.68 Å². The Morgan fingerprint density at radius 3 is 2.61 bits per heavy atom. The van der Waals surface area contributed by atoms with Crippen LogP contribution in [0.2, 0.25) is 0 Å².